The number of benzene rings is 1. The Kier molecular flexibility index (Phi) is 3.58. The second kappa shape index (κ2) is 5.49. The Morgan fingerprint density at radius 2 is 1.87 bits per heavy atom. The molecule has 0 unspecified atom stereocenters. The zero-order valence-corrected chi connectivity index (χ0v) is 14.2. The molecule has 5 heteroatoms. The van der Waals surface area contributed by atoms with Crippen LogP contribution in [0.15, 0.2) is 22.6 Å². The maximum atomic E-state index is 5.95. The number of morpholine rings is 1. The summed E-state index contributed by atoms with van der Waals surface area (Å²) in [4.78, 5) is 9.45. The molecular formula is C18H25N3O2. The first-order chi connectivity index (χ1) is 11.0. The number of hydrogen-bond donors (Lipinski definition) is 0. The van der Waals surface area contributed by atoms with Crippen LogP contribution in [-0.4, -0.2) is 55.3 Å². The van der Waals surface area contributed by atoms with Gasteiger partial charge in [0.15, 0.2) is 5.58 Å². The largest absolute Gasteiger partial charge is 0.423 e. The summed E-state index contributed by atoms with van der Waals surface area (Å²) in [6.07, 6.45) is 0. The highest BCUT2D eigenvalue weighted by molar-refractivity contribution is 5.76. The van der Waals surface area contributed by atoms with Gasteiger partial charge < -0.3 is 14.1 Å². The van der Waals surface area contributed by atoms with Gasteiger partial charge in [-0.1, -0.05) is 26.8 Å². The van der Waals surface area contributed by atoms with Crippen molar-refractivity contribution < 1.29 is 9.15 Å². The van der Waals surface area contributed by atoms with Gasteiger partial charge in [-0.3, -0.25) is 4.90 Å². The van der Waals surface area contributed by atoms with E-state index in [1.807, 2.05) is 6.07 Å². The van der Waals surface area contributed by atoms with Crippen LogP contribution in [0.1, 0.15) is 26.3 Å². The number of rotatable bonds is 2. The standard InChI is InChI=1S/C18H25N3O2/c1-18(2,3)13-4-5-16-15(10-13)19-17(23-16)21-11-14(12-21)20-6-8-22-9-7-20/h4-5,10,14H,6-9,11-12H2,1-3H3. The molecule has 2 aromatic rings. The molecule has 0 N–H and O–H groups in total. The van der Waals surface area contributed by atoms with Crippen molar-refractivity contribution in [2.24, 2.45) is 0 Å². The van der Waals surface area contributed by atoms with E-state index in [9.17, 15) is 0 Å². The predicted molar refractivity (Wildman–Crippen MR) is 91.1 cm³/mol. The van der Waals surface area contributed by atoms with Gasteiger partial charge in [-0.05, 0) is 23.1 Å². The van der Waals surface area contributed by atoms with Crippen molar-refractivity contribution in [3.8, 4) is 0 Å². The van der Waals surface area contributed by atoms with E-state index in [1.165, 1.54) is 5.56 Å². The van der Waals surface area contributed by atoms with Gasteiger partial charge in [-0.15, -0.1) is 0 Å². The van der Waals surface area contributed by atoms with Crippen LogP contribution in [-0.2, 0) is 10.2 Å². The number of nitrogens with zero attached hydrogens (tertiary/aromatic N) is 3. The molecule has 3 heterocycles. The molecule has 124 valence electrons. The third-order valence-corrected chi connectivity index (χ3v) is 4.94. The third-order valence-electron chi connectivity index (χ3n) is 4.94. The van der Waals surface area contributed by atoms with Crippen molar-refractivity contribution >= 4 is 17.1 Å². The summed E-state index contributed by atoms with van der Waals surface area (Å²) in [5.74, 6) is 0. The van der Waals surface area contributed by atoms with Crippen LogP contribution >= 0.6 is 0 Å². The molecule has 0 radical (unpaired) electrons. The quantitative estimate of drug-likeness (QED) is 0.852. The Labute approximate surface area is 137 Å². The van der Waals surface area contributed by atoms with E-state index in [1.54, 1.807) is 0 Å². The van der Waals surface area contributed by atoms with Crippen LogP contribution in [0, 0.1) is 0 Å². The first kappa shape index (κ1) is 15.0. The Morgan fingerprint density at radius 3 is 2.57 bits per heavy atom. The number of hydrogen-bond acceptors (Lipinski definition) is 5. The molecule has 23 heavy (non-hydrogen) atoms. The second-order valence-electron chi connectivity index (χ2n) is 7.64. The molecule has 1 aromatic heterocycles. The molecular weight excluding hydrogens is 290 g/mol. The third kappa shape index (κ3) is 2.83. The zero-order valence-electron chi connectivity index (χ0n) is 14.2. The molecule has 0 saturated carbocycles. The van der Waals surface area contributed by atoms with E-state index in [4.69, 9.17) is 14.1 Å². The minimum absolute atomic E-state index is 0.130. The summed E-state index contributed by atoms with van der Waals surface area (Å²) in [5, 5.41) is 0. The molecule has 0 aliphatic carbocycles. The Bertz CT molecular complexity index is 692. The normalized spacial score (nSPS) is 20.9. The molecule has 2 aliphatic rings. The molecule has 0 spiro atoms. The fraction of sp³-hybridized carbons (Fsp3) is 0.611. The molecule has 1 aromatic carbocycles. The van der Waals surface area contributed by atoms with Gasteiger partial charge in [0.1, 0.15) is 5.52 Å². The van der Waals surface area contributed by atoms with E-state index in [0.717, 1.165) is 56.5 Å². The molecule has 0 atom stereocenters. The van der Waals surface area contributed by atoms with Gasteiger partial charge in [0.2, 0.25) is 0 Å². The lowest BCUT2D eigenvalue weighted by Gasteiger charge is -2.45. The summed E-state index contributed by atoms with van der Waals surface area (Å²) in [5.41, 5.74) is 3.26. The number of fused-ring (bicyclic) bond motifs is 1. The monoisotopic (exact) mass is 315 g/mol. The van der Waals surface area contributed by atoms with E-state index in [0.29, 0.717) is 6.04 Å². The molecule has 4 rings (SSSR count). The Balaban J connectivity index is 1.48. The van der Waals surface area contributed by atoms with Crippen molar-refractivity contribution in [1.29, 1.82) is 0 Å². The van der Waals surface area contributed by atoms with Crippen molar-refractivity contribution in [3.63, 3.8) is 0 Å². The Hall–Kier alpha value is -1.59. The lowest BCUT2D eigenvalue weighted by molar-refractivity contribution is 0.00988. The van der Waals surface area contributed by atoms with E-state index in [2.05, 4.69) is 42.7 Å². The van der Waals surface area contributed by atoms with Crippen LogP contribution in [0.4, 0.5) is 6.01 Å². The minimum Gasteiger partial charge on any atom is -0.423 e. The van der Waals surface area contributed by atoms with Crippen molar-refractivity contribution in [3.05, 3.63) is 23.8 Å². The molecule has 2 fully saturated rings. The number of oxazole rings is 1. The lowest BCUT2D eigenvalue weighted by Crippen LogP contribution is -2.61. The number of ether oxygens (including phenoxy) is 1. The van der Waals surface area contributed by atoms with Gasteiger partial charge in [0.25, 0.3) is 6.01 Å². The average molecular weight is 315 g/mol. The highest BCUT2D eigenvalue weighted by Crippen LogP contribution is 2.30. The zero-order chi connectivity index (χ0) is 16.0. The van der Waals surface area contributed by atoms with Crippen LogP contribution in [0.5, 0.6) is 0 Å². The highest BCUT2D eigenvalue weighted by atomic mass is 16.5. The second-order valence-corrected chi connectivity index (χ2v) is 7.64. The first-order valence-electron chi connectivity index (χ1n) is 8.48. The smallest absolute Gasteiger partial charge is 0.298 e. The fourth-order valence-corrected chi connectivity index (χ4v) is 3.30. The highest BCUT2D eigenvalue weighted by Gasteiger charge is 2.35. The summed E-state index contributed by atoms with van der Waals surface area (Å²) in [6.45, 7) is 12.5. The molecule has 2 saturated heterocycles. The first-order valence-corrected chi connectivity index (χ1v) is 8.48. The fourth-order valence-electron chi connectivity index (χ4n) is 3.30. The molecule has 0 amide bonds. The van der Waals surface area contributed by atoms with Crippen molar-refractivity contribution in [2.75, 3.05) is 44.3 Å². The average Bonchev–Trinajstić information content (AvgIpc) is 2.88. The van der Waals surface area contributed by atoms with Gasteiger partial charge in [-0.25, -0.2) is 0 Å². The predicted octanol–water partition coefficient (Wildman–Crippen LogP) is 2.65. The van der Waals surface area contributed by atoms with Crippen molar-refractivity contribution in [2.45, 2.75) is 32.2 Å². The van der Waals surface area contributed by atoms with Crippen LogP contribution in [0.25, 0.3) is 11.1 Å². The summed E-state index contributed by atoms with van der Waals surface area (Å²) in [6, 6.07) is 7.71. The van der Waals surface area contributed by atoms with Gasteiger partial charge >= 0.3 is 0 Å². The maximum absolute atomic E-state index is 5.95. The minimum atomic E-state index is 0.130. The van der Waals surface area contributed by atoms with E-state index >= 15 is 0 Å². The van der Waals surface area contributed by atoms with Crippen LogP contribution in [0.3, 0.4) is 0 Å². The maximum Gasteiger partial charge on any atom is 0.298 e. The van der Waals surface area contributed by atoms with Crippen LogP contribution < -0.4 is 4.90 Å². The SMILES string of the molecule is CC(C)(C)c1ccc2oc(N3CC(N4CCOCC4)C3)nc2c1. The van der Waals surface area contributed by atoms with Gasteiger partial charge in [0, 0.05) is 32.2 Å². The number of aromatic nitrogens is 1. The summed E-state index contributed by atoms with van der Waals surface area (Å²) >= 11 is 0. The van der Waals surface area contributed by atoms with Gasteiger partial charge in [-0.2, -0.15) is 4.98 Å². The number of anilines is 1. The topological polar surface area (TPSA) is 41.7 Å². The van der Waals surface area contributed by atoms with Crippen LogP contribution in [0.2, 0.25) is 0 Å². The molecule has 2 aliphatic heterocycles. The molecule has 0 bridgehead atoms. The van der Waals surface area contributed by atoms with E-state index in [-0.39, 0.29) is 5.41 Å². The van der Waals surface area contributed by atoms with E-state index < -0.39 is 0 Å². The summed E-state index contributed by atoms with van der Waals surface area (Å²) < 4.78 is 11.4. The lowest BCUT2D eigenvalue weighted by atomic mass is 9.87. The van der Waals surface area contributed by atoms with Gasteiger partial charge in [0.05, 0.1) is 13.2 Å². The van der Waals surface area contributed by atoms with Crippen molar-refractivity contribution in [1.82, 2.24) is 9.88 Å². The Morgan fingerprint density at radius 1 is 1.13 bits per heavy atom. The summed E-state index contributed by atoms with van der Waals surface area (Å²) in [7, 11) is 0. The molecule has 5 nitrogen and oxygen atoms in total.